The summed E-state index contributed by atoms with van der Waals surface area (Å²) in [5.74, 6) is 0. The van der Waals surface area contributed by atoms with E-state index in [1.807, 2.05) is 12.1 Å². The number of hydrogen-bond donors (Lipinski definition) is 0. The molecule has 6 nitrogen and oxygen atoms in total. The number of fused-ring (bicyclic) bond motifs is 2. The van der Waals surface area contributed by atoms with Crippen molar-refractivity contribution >= 4 is 90.7 Å². The fourth-order valence-corrected chi connectivity index (χ4v) is 14.3. The zero-order valence-corrected chi connectivity index (χ0v) is 64.4. The van der Waals surface area contributed by atoms with Gasteiger partial charge in [-0.2, -0.15) is 0 Å². The molecule has 0 fully saturated rings. The number of hydrogen-bond acceptors (Lipinski definition) is 6. The maximum atomic E-state index is 11.7. The van der Waals surface area contributed by atoms with E-state index in [1.165, 1.54) is 355 Å². The Morgan fingerprint density at radius 2 is 0.438 bits per heavy atom. The number of unbranched alkanes of at least 4 members (excludes halogenated alkanes) is 48. The standard InChI is InChI=1S/2C40H68O3S.Ba/c2*1-3-5-7-9-11-13-15-17-19-21-23-25-27-29-36-33-37(40-35-39(44(41,42)43)32-31-38(40)34-36)30-28-26-24-22-20-18-16-14-12-10-8-6-4-2;/h2*31-35H,3-30H2,1-2H3,(H,41,42,43);/q;;+2/p-2. The van der Waals surface area contributed by atoms with Gasteiger partial charge in [-0.3, -0.25) is 0 Å². The monoisotopic (exact) mass is 1390 g/mol. The van der Waals surface area contributed by atoms with Gasteiger partial charge in [-0.05, 0) is 119 Å². The Morgan fingerprint density at radius 1 is 0.247 bits per heavy atom. The molecular formula is C80H134BaO6S2. The molecule has 0 saturated heterocycles. The Labute approximate surface area is 591 Å². The molecule has 0 heterocycles. The van der Waals surface area contributed by atoms with Gasteiger partial charge in [0.2, 0.25) is 0 Å². The van der Waals surface area contributed by atoms with Gasteiger partial charge < -0.3 is 9.11 Å². The maximum absolute atomic E-state index is 11.7. The molecule has 0 aromatic heterocycles. The summed E-state index contributed by atoms with van der Waals surface area (Å²) in [5.41, 5.74) is 5.12. The van der Waals surface area contributed by atoms with Crippen molar-refractivity contribution in [2.45, 2.75) is 397 Å². The molecule has 89 heavy (non-hydrogen) atoms. The molecule has 0 saturated carbocycles. The van der Waals surface area contributed by atoms with Crippen LogP contribution in [0.1, 0.15) is 384 Å². The third-order valence-electron chi connectivity index (χ3n) is 19.0. The Kier molecular flexibility index (Phi) is 52.8. The van der Waals surface area contributed by atoms with Crippen molar-refractivity contribution in [3.63, 3.8) is 0 Å². The SMILES string of the molecule is CCCCCCCCCCCCCCCc1cc(CCCCCCCCCCCCCCC)c2cc(S(=O)(=O)[O-])ccc2c1.CCCCCCCCCCCCCCCc1cc(CCCCCCCCCCCCCCC)c2cc(S(=O)(=O)[O-])ccc2c1.[Ba+2]. The second kappa shape index (κ2) is 56.0. The minimum absolute atomic E-state index is 0. The second-order valence-corrected chi connectivity index (χ2v) is 29.9. The van der Waals surface area contributed by atoms with Crippen molar-refractivity contribution in [2.24, 2.45) is 0 Å². The normalized spacial score (nSPS) is 11.8. The van der Waals surface area contributed by atoms with Gasteiger partial charge in [-0.1, -0.05) is 372 Å². The molecule has 0 aliphatic carbocycles. The van der Waals surface area contributed by atoms with E-state index in [2.05, 4.69) is 52.0 Å². The van der Waals surface area contributed by atoms with Crippen LogP contribution in [0, 0.1) is 0 Å². The molecule has 0 aliphatic rings. The molecular weight excluding hydrogens is 1260 g/mol. The first-order chi connectivity index (χ1) is 42.9. The number of benzene rings is 4. The molecule has 0 amide bonds. The van der Waals surface area contributed by atoms with Crippen LogP contribution in [0.15, 0.2) is 70.5 Å². The van der Waals surface area contributed by atoms with Crippen LogP contribution in [-0.4, -0.2) is 74.8 Å². The van der Waals surface area contributed by atoms with Crippen molar-refractivity contribution in [1.82, 2.24) is 0 Å². The summed E-state index contributed by atoms with van der Waals surface area (Å²) in [6.45, 7) is 9.11. The topological polar surface area (TPSA) is 114 Å². The van der Waals surface area contributed by atoms with Crippen molar-refractivity contribution in [1.29, 1.82) is 0 Å². The zero-order valence-electron chi connectivity index (χ0n) is 58.3. The van der Waals surface area contributed by atoms with Crippen LogP contribution >= 0.6 is 0 Å². The van der Waals surface area contributed by atoms with Crippen LogP contribution in [0.2, 0.25) is 0 Å². The smallest absolute Gasteiger partial charge is 0.744 e. The molecule has 0 aliphatic heterocycles. The van der Waals surface area contributed by atoms with Crippen molar-refractivity contribution < 1.29 is 25.9 Å². The first-order valence-electron chi connectivity index (χ1n) is 37.9. The summed E-state index contributed by atoms with van der Waals surface area (Å²) in [6, 6.07) is 18.9. The predicted octanol–water partition coefficient (Wildman–Crippen LogP) is 25.6. The fraction of sp³-hybridized carbons (Fsp3) is 0.750. The Balaban J connectivity index is 0.000000600. The van der Waals surface area contributed by atoms with E-state index in [9.17, 15) is 25.9 Å². The third-order valence-corrected chi connectivity index (χ3v) is 20.6. The van der Waals surface area contributed by atoms with Gasteiger partial charge in [-0.25, -0.2) is 16.8 Å². The van der Waals surface area contributed by atoms with Gasteiger partial charge in [0, 0.05) is 0 Å². The van der Waals surface area contributed by atoms with Crippen molar-refractivity contribution in [3.05, 3.63) is 82.9 Å². The predicted molar refractivity (Wildman–Crippen MR) is 387 cm³/mol. The van der Waals surface area contributed by atoms with Crippen LogP contribution in [0.25, 0.3) is 21.5 Å². The summed E-state index contributed by atoms with van der Waals surface area (Å²) in [6.07, 6.45) is 74.1. The zero-order chi connectivity index (χ0) is 63.4. The van der Waals surface area contributed by atoms with E-state index < -0.39 is 20.2 Å². The molecule has 504 valence electrons. The Hall–Kier alpha value is -1.21. The summed E-state index contributed by atoms with van der Waals surface area (Å²) in [4.78, 5) is -0.221. The first-order valence-corrected chi connectivity index (χ1v) is 40.8. The van der Waals surface area contributed by atoms with Gasteiger partial charge in [0.05, 0.1) is 9.79 Å². The van der Waals surface area contributed by atoms with Crippen molar-refractivity contribution in [2.75, 3.05) is 0 Å². The molecule has 4 rings (SSSR count). The maximum Gasteiger partial charge on any atom is 2.00 e. The number of rotatable bonds is 58. The molecule has 0 spiro atoms. The molecule has 0 radical (unpaired) electrons. The van der Waals surface area contributed by atoms with E-state index in [0.29, 0.717) is 0 Å². The largest absolute Gasteiger partial charge is 2.00 e. The fourth-order valence-electron chi connectivity index (χ4n) is 13.3. The second-order valence-electron chi connectivity index (χ2n) is 27.2. The van der Waals surface area contributed by atoms with E-state index >= 15 is 0 Å². The molecule has 0 bridgehead atoms. The van der Waals surface area contributed by atoms with Crippen LogP contribution in [-0.2, 0) is 45.9 Å². The minimum atomic E-state index is -4.46. The molecule has 0 unspecified atom stereocenters. The molecule has 0 N–H and O–H groups in total. The summed E-state index contributed by atoms with van der Waals surface area (Å²) in [7, 11) is -8.91. The Morgan fingerprint density at radius 3 is 0.640 bits per heavy atom. The van der Waals surface area contributed by atoms with Crippen molar-refractivity contribution in [3.8, 4) is 0 Å². The van der Waals surface area contributed by atoms with Gasteiger partial charge >= 0.3 is 48.9 Å². The van der Waals surface area contributed by atoms with Gasteiger partial charge in [0.15, 0.2) is 0 Å². The van der Waals surface area contributed by atoms with Crippen LogP contribution in [0.4, 0.5) is 0 Å². The van der Waals surface area contributed by atoms with Crippen LogP contribution in [0.3, 0.4) is 0 Å². The van der Waals surface area contributed by atoms with Gasteiger partial charge in [0.1, 0.15) is 20.2 Å². The quantitative estimate of drug-likeness (QED) is 0.0247. The van der Waals surface area contributed by atoms with E-state index in [1.54, 1.807) is 12.1 Å². The average Bonchev–Trinajstić information content (AvgIpc) is 1.00. The first kappa shape index (κ1) is 83.9. The van der Waals surface area contributed by atoms with E-state index in [0.717, 1.165) is 60.1 Å². The molecule has 0 atom stereocenters. The Bertz CT molecular complexity index is 2370. The summed E-state index contributed by atoms with van der Waals surface area (Å²) < 4.78 is 70.4. The molecule has 9 heteroatoms. The van der Waals surface area contributed by atoms with E-state index in [-0.39, 0.29) is 58.7 Å². The van der Waals surface area contributed by atoms with Crippen LogP contribution in [0.5, 0.6) is 0 Å². The third kappa shape index (κ3) is 42.8. The van der Waals surface area contributed by atoms with Gasteiger partial charge in [0.25, 0.3) is 0 Å². The minimum Gasteiger partial charge on any atom is -0.744 e. The molecule has 4 aromatic carbocycles. The summed E-state index contributed by atoms with van der Waals surface area (Å²) in [5, 5.41) is 4.01. The average molecular weight is 1390 g/mol. The van der Waals surface area contributed by atoms with Gasteiger partial charge in [-0.15, -0.1) is 0 Å². The van der Waals surface area contributed by atoms with E-state index in [4.69, 9.17) is 0 Å². The van der Waals surface area contributed by atoms with Crippen LogP contribution < -0.4 is 0 Å². The molecule has 4 aromatic rings. The number of aryl methyl sites for hydroxylation is 4. The summed E-state index contributed by atoms with van der Waals surface area (Å²) >= 11 is 0.